The molecule has 0 saturated heterocycles. The quantitative estimate of drug-likeness (QED) is 0.846. The Balaban J connectivity index is 2.75. The highest BCUT2D eigenvalue weighted by atomic mass is 127. The average Bonchev–Trinajstić information content (AvgIpc) is 2.06. The molecule has 13 heavy (non-hydrogen) atoms. The summed E-state index contributed by atoms with van der Waals surface area (Å²) in [6.45, 7) is -0.313. The zero-order valence-electron chi connectivity index (χ0n) is 6.46. The number of carboxylic acid groups (broad SMARTS) is 1. The smallest absolute Gasteiger partial charge is 0.341 e. The molecule has 70 valence electrons. The summed E-state index contributed by atoms with van der Waals surface area (Å²) in [7, 11) is 0. The standard InChI is InChI=1S/C8H6BrIO3/c9-5-1-2-6(10)7(3-5)13-4-8(11)12/h1-3H,4H2,(H,11,12). The van der Waals surface area contributed by atoms with E-state index in [-0.39, 0.29) is 6.61 Å². The van der Waals surface area contributed by atoms with Gasteiger partial charge in [-0.2, -0.15) is 0 Å². The fraction of sp³-hybridized carbons (Fsp3) is 0.125. The topological polar surface area (TPSA) is 46.5 Å². The predicted octanol–water partition coefficient (Wildman–Crippen LogP) is 2.52. The molecule has 1 aromatic carbocycles. The Hall–Kier alpha value is -0.300. The van der Waals surface area contributed by atoms with Crippen molar-refractivity contribution in [2.24, 2.45) is 0 Å². The molecule has 0 aliphatic heterocycles. The van der Waals surface area contributed by atoms with Crippen molar-refractivity contribution in [2.75, 3.05) is 6.61 Å². The maximum absolute atomic E-state index is 10.2. The van der Waals surface area contributed by atoms with Gasteiger partial charge in [-0.25, -0.2) is 4.79 Å². The molecule has 0 aliphatic carbocycles. The Morgan fingerprint density at radius 3 is 2.92 bits per heavy atom. The Kier molecular flexibility index (Phi) is 3.98. The minimum atomic E-state index is -0.976. The Labute approximate surface area is 97.4 Å². The molecule has 0 radical (unpaired) electrons. The maximum Gasteiger partial charge on any atom is 0.341 e. The fourth-order valence-corrected chi connectivity index (χ4v) is 1.56. The lowest BCUT2D eigenvalue weighted by Gasteiger charge is -2.05. The SMILES string of the molecule is O=C(O)COc1cc(Br)ccc1I. The summed E-state index contributed by atoms with van der Waals surface area (Å²) in [6, 6.07) is 5.46. The molecular weight excluding hydrogens is 351 g/mol. The highest BCUT2D eigenvalue weighted by Crippen LogP contribution is 2.24. The normalized spacial score (nSPS) is 9.69. The summed E-state index contributed by atoms with van der Waals surface area (Å²) < 4.78 is 6.80. The van der Waals surface area contributed by atoms with Crippen molar-refractivity contribution in [2.45, 2.75) is 0 Å². The minimum Gasteiger partial charge on any atom is -0.481 e. The molecule has 0 unspecified atom stereocenters. The van der Waals surface area contributed by atoms with Gasteiger partial charge in [0, 0.05) is 4.47 Å². The third kappa shape index (κ3) is 3.51. The summed E-state index contributed by atoms with van der Waals surface area (Å²) in [5.41, 5.74) is 0. The number of hydrogen-bond donors (Lipinski definition) is 1. The zero-order chi connectivity index (χ0) is 9.84. The number of carboxylic acids is 1. The van der Waals surface area contributed by atoms with Crippen molar-refractivity contribution in [3.8, 4) is 5.75 Å². The fourth-order valence-electron chi connectivity index (χ4n) is 0.727. The first-order chi connectivity index (χ1) is 6.09. The van der Waals surface area contributed by atoms with Crippen LogP contribution in [0.3, 0.4) is 0 Å². The Morgan fingerprint density at radius 1 is 1.62 bits per heavy atom. The van der Waals surface area contributed by atoms with Crippen molar-refractivity contribution < 1.29 is 14.6 Å². The van der Waals surface area contributed by atoms with Crippen LogP contribution in [-0.4, -0.2) is 17.7 Å². The lowest BCUT2D eigenvalue weighted by atomic mass is 10.3. The van der Waals surface area contributed by atoms with E-state index < -0.39 is 5.97 Å². The number of aliphatic carboxylic acids is 1. The summed E-state index contributed by atoms with van der Waals surface area (Å²) in [4.78, 5) is 10.2. The van der Waals surface area contributed by atoms with Gasteiger partial charge >= 0.3 is 5.97 Å². The molecule has 1 N–H and O–H groups in total. The van der Waals surface area contributed by atoms with Crippen molar-refractivity contribution >= 4 is 44.5 Å². The second kappa shape index (κ2) is 4.80. The number of hydrogen-bond acceptors (Lipinski definition) is 2. The molecule has 0 amide bonds. The number of ether oxygens (including phenoxy) is 1. The van der Waals surface area contributed by atoms with Gasteiger partial charge < -0.3 is 9.84 Å². The summed E-state index contributed by atoms with van der Waals surface area (Å²) in [5.74, 6) is -0.395. The molecule has 5 heteroatoms. The molecule has 0 aliphatic rings. The van der Waals surface area contributed by atoms with Crippen molar-refractivity contribution in [3.63, 3.8) is 0 Å². The van der Waals surface area contributed by atoms with Crippen LogP contribution >= 0.6 is 38.5 Å². The van der Waals surface area contributed by atoms with E-state index in [4.69, 9.17) is 9.84 Å². The van der Waals surface area contributed by atoms with Gasteiger partial charge in [0.25, 0.3) is 0 Å². The van der Waals surface area contributed by atoms with E-state index in [1.165, 1.54) is 0 Å². The van der Waals surface area contributed by atoms with Crippen LogP contribution in [0.1, 0.15) is 0 Å². The summed E-state index contributed by atoms with van der Waals surface area (Å²) in [6.07, 6.45) is 0. The second-order valence-corrected chi connectivity index (χ2v) is 4.34. The second-order valence-electron chi connectivity index (χ2n) is 2.26. The molecule has 3 nitrogen and oxygen atoms in total. The van der Waals surface area contributed by atoms with E-state index in [1.807, 2.05) is 12.1 Å². The molecule has 1 aromatic rings. The van der Waals surface area contributed by atoms with Crippen LogP contribution in [0.15, 0.2) is 22.7 Å². The van der Waals surface area contributed by atoms with Gasteiger partial charge in [0.2, 0.25) is 0 Å². The molecule has 0 spiro atoms. The van der Waals surface area contributed by atoms with Crippen molar-refractivity contribution in [3.05, 3.63) is 26.2 Å². The van der Waals surface area contributed by atoms with Gasteiger partial charge in [0.05, 0.1) is 3.57 Å². The molecule has 0 aromatic heterocycles. The van der Waals surface area contributed by atoms with Gasteiger partial charge in [-0.1, -0.05) is 15.9 Å². The highest BCUT2D eigenvalue weighted by molar-refractivity contribution is 14.1. The van der Waals surface area contributed by atoms with Gasteiger partial charge in [-0.05, 0) is 40.8 Å². The van der Waals surface area contributed by atoms with E-state index >= 15 is 0 Å². The number of benzene rings is 1. The molecule has 0 bridgehead atoms. The number of carbonyl (C=O) groups is 1. The first-order valence-electron chi connectivity index (χ1n) is 3.39. The van der Waals surface area contributed by atoms with Crippen molar-refractivity contribution in [1.82, 2.24) is 0 Å². The van der Waals surface area contributed by atoms with E-state index in [0.717, 1.165) is 8.04 Å². The van der Waals surface area contributed by atoms with Gasteiger partial charge in [0.1, 0.15) is 5.75 Å². The largest absolute Gasteiger partial charge is 0.481 e. The average molecular weight is 357 g/mol. The minimum absolute atomic E-state index is 0.313. The van der Waals surface area contributed by atoms with Crippen LogP contribution in [-0.2, 0) is 4.79 Å². The zero-order valence-corrected chi connectivity index (χ0v) is 10.2. The van der Waals surface area contributed by atoms with E-state index in [2.05, 4.69) is 38.5 Å². The predicted molar refractivity (Wildman–Crippen MR) is 60.0 cm³/mol. The van der Waals surface area contributed by atoms with Gasteiger partial charge in [-0.15, -0.1) is 0 Å². The lowest BCUT2D eigenvalue weighted by Crippen LogP contribution is -2.09. The lowest BCUT2D eigenvalue weighted by molar-refractivity contribution is -0.139. The van der Waals surface area contributed by atoms with E-state index in [1.54, 1.807) is 6.07 Å². The highest BCUT2D eigenvalue weighted by Gasteiger charge is 2.03. The number of rotatable bonds is 3. The van der Waals surface area contributed by atoms with Gasteiger partial charge in [-0.3, -0.25) is 0 Å². The van der Waals surface area contributed by atoms with E-state index in [0.29, 0.717) is 5.75 Å². The maximum atomic E-state index is 10.2. The molecule has 0 heterocycles. The third-order valence-electron chi connectivity index (χ3n) is 1.24. The first kappa shape index (κ1) is 10.8. The van der Waals surface area contributed by atoms with Crippen LogP contribution in [0, 0.1) is 3.57 Å². The molecular formula is C8H6BrIO3. The molecule has 1 rings (SSSR count). The van der Waals surface area contributed by atoms with Gasteiger partial charge in [0.15, 0.2) is 6.61 Å². The monoisotopic (exact) mass is 356 g/mol. The van der Waals surface area contributed by atoms with Crippen LogP contribution in [0.5, 0.6) is 5.75 Å². The van der Waals surface area contributed by atoms with Crippen LogP contribution in [0.4, 0.5) is 0 Å². The number of halogens is 2. The molecule has 0 saturated carbocycles. The van der Waals surface area contributed by atoms with Crippen LogP contribution in [0.25, 0.3) is 0 Å². The Morgan fingerprint density at radius 2 is 2.31 bits per heavy atom. The molecule has 0 atom stereocenters. The first-order valence-corrected chi connectivity index (χ1v) is 5.26. The summed E-state index contributed by atoms with van der Waals surface area (Å²) >= 11 is 5.36. The molecule has 0 fully saturated rings. The van der Waals surface area contributed by atoms with Crippen LogP contribution < -0.4 is 4.74 Å². The Bertz CT molecular complexity index is 327. The van der Waals surface area contributed by atoms with E-state index in [9.17, 15) is 4.79 Å². The third-order valence-corrected chi connectivity index (χ3v) is 2.63. The van der Waals surface area contributed by atoms with Crippen molar-refractivity contribution in [1.29, 1.82) is 0 Å². The van der Waals surface area contributed by atoms with Crippen LogP contribution in [0.2, 0.25) is 0 Å². The summed E-state index contributed by atoms with van der Waals surface area (Å²) in [5, 5.41) is 8.40.